The summed E-state index contributed by atoms with van der Waals surface area (Å²) in [5.41, 5.74) is 3.37. The van der Waals surface area contributed by atoms with Gasteiger partial charge >= 0.3 is 0 Å². The number of hydrogen-bond donors (Lipinski definition) is 2. The van der Waals surface area contributed by atoms with Gasteiger partial charge in [0.2, 0.25) is 21.1 Å². The lowest BCUT2D eigenvalue weighted by Crippen LogP contribution is -2.15. The molecular weight excluding hydrogens is 388 g/mol. The molecule has 0 spiro atoms. The van der Waals surface area contributed by atoms with E-state index >= 15 is 0 Å². The van der Waals surface area contributed by atoms with E-state index < -0.39 is 10.0 Å². The number of nitrogens with two attached hydrogens (primary N) is 1. The van der Waals surface area contributed by atoms with Crippen molar-refractivity contribution in [1.82, 2.24) is 19.6 Å². The zero-order chi connectivity index (χ0) is 19.8. The SMILES string of the molecule is Cc1nc2nc(SCC(=O)Nc3ccc(S(N)(=O)=O)cc3)nn2c(C)c1C. The van der Waals surface area contributed by atoms with Crippen molar-refractivity contribution in [1.29, 1.82) is 0 Å². The Morgan fingerprint density at radius 1 is 1.19 bits per heavy atom. The van der Waals surface area contributed by atoms with Crippen LogP contribution in [-0.4, -0.2) is 39.7 Å². The first-order valence-corrected chi connectivity index (χ1v) is 10.4. The Labute approximate surface area is 160 Å². The van der Waals surface area contributed by atoms with E-state index in [4.69, 9.17) is 5.14 Å². The molecule has 3 N–H and O–H groups in total. The summed E-state index contributed by atoms with van der Waals surface area (Å²) in [6.07, 6.45) is 0. The van der Waals surface area contributed by atoms with Crippen LogP contribution in [0.1, 0.15) is 17.0 Å². The third-order valence-corrected chi connectivity index (χ3v) is 5.81. The summed E-state index contributed by atoms with van der Waals surface area (Å²) < 4.78 is 24.1. The minimum absolute atomic E-state index is 0.0165. The largest absolute Gasteiger partial charge is 0.325 e. The number of thioether (sulfide) groups is 1. The first-order valence-electron chi connectivity index (χ1n) is 7.91. The van der Waals surface area contributed by atoms with E-state index in [-0.39, 0.29) is 16.6 Å². The fourth-order valence-corrected chi connectivity index (χ4v) is 3.49. The molecule has 0 bridgehead atoms. The fourth-order valence-electron chi connectivity index (χ4n) is 2.35. The van der Waals surface area contributed by atoms with Crippen molar-refractivity contribution in [3.8, 4) is 0 Å². The number of hydrogen-bond acceptors (Lipinski definition) is 7. The van der Waals surface area contributed by atoms with E-state index in [0.717, 1.165) is 17.0 Å². The summed E-state index contributed by atoms with van der Waals surface area (Å²) in [6.45, 7) is 5.83. The van der Waals surface area contributed by atoms with E-state index in [2.05, 4.69) is 20.4 Å². The molecule has 11 heteroatoms. The molecule has 0 saturated carbocycles. The lowest BCUT2D eigenvalue weighted by Gasteiger charge is -2.05. The van der Waals surface area contributed by atoms with Crippen molar-refractivity contribution < 1.29 is 13.2 Å². The number of carbonyl (C=O) groups is 1. The molecule has 3 aromatic rings. The zero-order valence-electron chi connectivity index (χ0n) is 14.9. The van der Waals surface area contributed by atoms with Gasteiger partial charge in [-0.3, -0.25) is 4.79 Å². The summed E-state index contributed by atoms with van der Waals surface area (Å²) in [4.78, 5) is 20.8. The number of nitrogens with zero attached hydrogens (tertiary/aromatic N) is 4. The second kappa shape index (κ2) is 7.25. The molecule has 0 radical (unpaired) electrons. The number of carbonyl (C=O) groups excluding carboxylic acids is 1. The predicted molar refractivity (Wildman–Crippen MR) is 102 cm³/mol. The molecule has 1 aromatic carbocycles. The van der Waals surface area contributed by atoms with Crippen LogP contribution in [0.15, 0.2) is 34.3 Å². The van der Waals surface area contributed by atoms with Gasteiger partial charge in [-0.15, -0.1) is 5.10 Å². The predicted octanol–water partition coefficient (Wildman–Crippen LogP) is 1.43. The van der Waals surface area contributed by atoms with Crippen LogP contribution in [0.3, 0.4) is 0 Å². The van der Waals surface area contributed by atoms with Gasteiger partial charge in [0.1, 0.15) is 0 Å². The maximum absolute atomic E-state index is 12.1. The Bertz CT molecular complexity index is 1120. The van der Waals surface area contributed by atoms with Gasteiger partial charge in [0.25, 0.3) is 5.78 Å². The van der Waals surface area contributed by atoms with Crippen molar-refractivity contribution in [3.05, 3.63) is 41.2 Å². The van der Waals surface area contributed by atoms with Crippen LogP contribution in [-0.2, 0) is 14.8 Å². The maximum atomic E-state index is 12.1. The molecule has 142 valence electrons. The second-order valence-corrected chi connectivity index (χ2v) is 8.42. The van der Waals surface area contributed by atoms with Crippen molar-refractivity contribution in [2.75, 3.05) is 11.1 Å². The smallest absolute Gasteiger partial charge is 0.253 e. The van der Waals surface area contributed by atoms with Crippen molar-refractivity contribution in [3.63, 3.8) is 0 Å². The lowest BCUT2D eigenvalue weighted by molar-refractivity contribution is -0.113. The molecule has 27 heavy (non-hydrogen) atoms. The molecule has 0 saturated heterocycles. The third kappa shape index (κ3) is 4.26. The van der Waals surface area contributed by atoms with Gasteiger partial charge in [-0.25, -0.2) is 23.1 Å². The van der Waals surface area contributed by atoms with Gasteiger partial charge in [0.05, 0.1) is 10.6 Å². The molecule has 2 heterocycles. The number of sulfonamides is 1. The second-order valence-electron chi connectivity index (χ2n) is 5.92. The van der Waals surface area contributed by atoms with E-state index in [1.807, 2.05) is 20.8 Å². The Balaban J connectivity index is 1.65. The molecule has 0 aliphatic rings. The van der Waals surface area contributed by atoms with Crippen molar-refractivity contribution >= 4 is 39.2 Å². The van der Waals surface area contributed by atoms with Crippen LogP contribution >= 0.6 is 11.8 Å². The van der Waals surface area contributed by atoms with Gasteiger partial charge in [0.15, 0.2) is 0 Å². The molecule has 0 unspecified atom stereocenters. The number of fused-ring (bicyclic) bond motifs is 1. The highest BCUT2D eigenvalue weighted by Gasteiger charge is 2.13. The number of primary sulfonamides is 1. The van der Waals surface area contributed by atoms with Crippen LogP contribution < -0.4 is 10.5 Å². The van der Waals surface area contributed by atoms with E-state index in [9.17, 15) is 13.2 Å². The number of aromatic nitrogens is 4. The summed E-state index contributed by atoms with van der Waals surface area (Å²) in [5, 5.41) is 12.6. The molecule has 0 atom stereocenters. The normalized spacial score (nSPS) is 11.7. The number of aryl methyl sites for hydroxylation is 2. The topological polar surface area (TPSA) is 132 Å². The van der Waals surface area contributed by atoms with Crippen LogP contribution in [0.2, 0.25) is 0 Å². The summed E-state index contributed by atoms with van der Waals surface area (Å²) in [6, 6.07) is 5.62. The lowest BCUT2D eigenvalue weighted by atomic mass is 10.2. The number of amides is 1. The molecule has 9 nitrogen and oxygen atoms in total. The summed E-state index contributed by atoms with van der Waals surface area (Å²) >= 11 is 1.19. The Morgan fingerprint density at radius 2 is 1.85 bits per heavy atom. The van der Waals surface area contributed by atoms with Crippen LogP contribution in [0.5, 0.6) is 0 Å². The van der Waals surface area contributed by atoms with Crippen LogP contribution in [0.25, 0.3) is 5.78 Å². The van der Waals surface area contributed by atoms with E-state index in [0.29, 0.717) is 16.6 Å². The number of benzene rings is 1. The van der Waals surface area contributed by atoms with Gasteiger partial charge in [-0.1, -0.05) is 11.8 Å². The molecule has 2 aromatic heterocycles. The Hall–Kier alpha value is -2.50. The fraction of sp³-hybridized carbons (Fsp3) is 0.250. The average molecular weight is 406 g/mol. The summed E-state index contributed by atoms with van der Waals surface area (Å²) in [7, 11) is -3.76. The molecule has 3 rings (SSSR count). The van der Waals surface area contributed by atoms with E-state index in [1.165, 1.54) is 36.0 Å². The third-order valence-electron chi connectivity index (χ3n) is 4.04. The highest BCUT2D eigenvalue weighted by Crippen LogP contribution is 2.18. The van der Waals surface area contributed by atoms with Crippen LogP contribution in [0, 0.1) is 20.8 Å². The molecule has 0 aliphatic heterocycles. The monoisotopic (exact) mass is 406 g/mol. The minimum Gasteiger partial charge on any atom is -0.325 e. The molecule has 1 amide bonds. The van der Waals surface area contributed by atoms with Gasteiger partial charge in [0, 0.05) is 17.1 Å². The highest BCUT2D eigenvalue weighted by molar-refractivity contribution is 7.99. The Kier molecular flexibility index (Phi) is 5.18. The standard InChI is InChI=1S/C16H18N6O3S2/c1-9-10(2)18-15-20-16(21-22(15)11(9)3)26-8-14(23)19-12-4-6-13(7-5-12)27(17,24)25/h4-7H,8H2,1-3H3,(H,19,23)(H2,17,24,25). The molecular formula is C16H18N6O3S2. The molecule has 0 aliphatic carbocycles. The van der Waals surface area contributed by atoms with Crippen molar-refractivity contribution in [2.24, 2.45) is 5.14 Å². The first kappa shape index (κ1) is 19.3. The van der Waals surface area contributed by atoms with Gasteiger partial charge < -0.3 is 5.32 Å². The van der Waals surface area contributed by atoms with Gasteiger partial charge in [-0.2, -0.15) is 4.98 Å². The summed E-state index contributed by atoms with van der Waals surface area (Å²) in [5.74, 6) is 0.335. The minimum atomic E-state index is -3.76. The number of nitrogens with one attached hydrogen (secondary N) is 1. The molecule has 0 fully saturated rings. The first-order chi connectivity index (χ1) is 12.6. The zero-order valence-corrected chi connectivity index (χ0v) is 16.6. The number of anilines is 1. The quantitative estimate of drug-likeness (QED) is 0.612. The average Bonchev–Trinajstić information content (AvgIpc) is 3.01. The van der Waals surface area contributed by atoms with Gasteiger partial charge in [-0.05, 0) is 50.6 Å². The maximum Gasteiger partial charge on any atom is 0.253 e. The van der Waals surface area contributed by atoms with Crippen molar-refractivity contribution in [2.45, 2.75) is 30.8 Å². The highest BCUT2D eigenvalue weighted by atomic mass is 32.2. The number of rotatable bonds is 5. The Morgan fingerprint density at radius 3 is 2.48 bits per heavy atom. The van der Waals surface area contributed by atoms with E-state index in [1.54, 1.807) is 4.52 Å². The van der Waals surface area contributed by atoms with Crippen LogP contribution in [0.4, 0.5) is 5.69 Å².